The van der Waals surface area contributed by atoms with Gasteiger partial charge in [-0.3, -0.25) is 9.59 Å². The van der Waals surface area contributed by atoms with Gasteiger partial charge in [-0.25, -0.2) is 5.43 Å². The van der Waals surface area contributed by atoms with Crippen molar-refractivity contribution in [1.82, 2.24) is 10.7 Å². The van der Waals surface area contributed by atoms with Crippen molar-refractivity contribution in [3.8, 4) is 0 Å². The van der Waals surface area contributed by atoms with Crippen LogP contribution < -0.4 is 10.7 Å². The van der Waals surface area contributed by atoms with Gasteiger partial charge in [0.2, 0.25) is 0 Å². The Morgan fingerprint density at radius 1 is 1.00 bits per heavy atom. The molecule has 0 aliphatic heterocycles. The molecule has 0 saturated carbocycles. The number of hydrogen-bond acceptors (Lipinski definition) is 3. The summed E-state index contributed by atoms with van der Waals surface area (Å²) in [7, 11) is 0. The molecule has 2 amide bonds. The van der Waals surface area contributed by atoms with Gasteiger partial charge < -0.3 is 5.32 Å². The van der Waals surface area contributed by atoms with Crippen molar-refractivity contribution < 1.29 is 9.59 Å². The van der Waals surface area contributed by atoms with Gasteiger partial charge in [0.25, 0.3) is 11.8 Å². The lowest BCUT2D eigenvalue weighted by molar-refractivity contribution is -0.123. The largest absolute Gasteiger partial charge is 0.340 e. The minimum atomic E-state index is -0.645. The Labute approximate surface area is 160 Å². The fourth-order valence-electron chi connectivity index (χ4n) is 2.47. The van der Waals surface area contributed by atoms with Gasteiger partial charge in [-0.2, -0.15) is 5.10 Å². The highest BCUT2D eigenvalue weighted by Gasteiger charge is 2.22. The summed E-state index contributed by atoms with van der Waals surface area (Å²) >= 11 is 0. The standard InChI is InChI=1S/C22H25N3O2/c1-17(2)16-20(24-21(26)19-13-7-4-8-14-19)22(27)25-23-15-9-12-18-10-5-3-6-11-18/h3-15,17,20H,16H2,1-2H3,(H,24,26)(H,25,27)/b12-9?,23-15-/t20-/m1/s1. The van der Waals surface area contributed by atoms with Crippen LogP contribution in [0.25, 0.3) is 6.08 Å². The van der Waals surface area contributed by atoms with Crippen LogP contribution in [-0.4, -0.2) is 24.1 Å². The topological polar surface area (TPSA) is 70.6 Å². The first kappa shape index (κ1) is 20.1. The predicted octanol–water partition coefficient (Wildman–Crippen LogP) is 3.65. The fourth-order valence-corrected chi connectivity index (χ4v) is 2.47. The molecule has 0 aliphatic carbocycles. The number of nitrogens with one attached hydrogen (secondary N) is 2. The van der Waals surface area contributed by atoms with Crippen molar-refractivity contribution in [3.63, 3.8) is 0 Å². The number of amides is 2. The maximum atomic E-state index is 12.4. The van der Waals surface area contributed by atoms with E-state index in [0.717, 1.165) is 5.56 Å². The van der Waals surface area contributed by atoms with Crippen LogP contribution in [-0.2, 0) is 4.79 Å². The van der Waals surface area contributed by atoms with Crippen molar-refractivity contribution in [2.75, 3.05) is 0 Å². The zero-order valence-electron chi connectivity index (χ0n) is 15.6. The van der Waals surface area contributed by atoms with Gasteiger partial charge in [0, 0.05) is 11.8 Å². The summed E-state index contributed by atoms with van der Waals surface area (Å²) in [6.45, 7) is 4.00. The molecule has 0 fully saturated rings. The summed E-state index contributed by atoms with van der Waals surface area (Å²) in [5.74, 6) is -0.361. The third-order valence-corrected chi connectivity index (χ3v) is 3.79. The molecular formula is C22H25N3O2. The van der Waals surface area contributed by atoms with Crippen LogP contribution in [0.2, 0.25) is 0 Å². The number of carbonyl (C=O) groups excluding carboxylic acids is 2. The number of rotatable bonds is 8. The van der Waals surface area contributed by atoms with Gasteiger partial charge in [-0.1, -0.05) is 68.5 Å². The molecule has 0 heterocycles. The maximum Gasteiger partial charge on any atom is 0.262 e. The molecule has 27 heavy (non-hydrogen) atoms. The first-order valence-corrected chi connectivity index (χ1v) is 8.97. The van der Waals surface area contributed by atoms with Crippen molar-refractivity contribution in [2.45, 2.75) is 26.3 Å². The van der Waals surface area contributed by atoms with E-state index in [1.807, 2.05) is 56.3 Å². The zero-order valence-corrected chi connectivity index (χ0v) is 15.6. The third-order valence-electron chi connectivity index (χ3n) is 3.79. The van der Waals surface area contributed by atoms with Crippen molar-refractivity contribution in [3.05, 3.63) is 77.9 Å². The van der Waals surface area contributed by atoms with E-state index in [1.54, 1.807) is 30.3 Å². The van der Waals surface area contributed by atoms with E-state index in [2.05, 4.69) is 15.8 Å². The molecule has 0 bridgehead atoms. The summed E-state index contributed by atoms with van der Waals surface area (Å²) in [6.07, 6.45) is 5.67. The summed E-state index contributed by atoms with van der Waals surface area (Å²) in [5, 5.41) is 6.72. The second kappa shape index (κ2) is 10.7. The van der Waals surface area contributed by atoms with Crippen molar-refractivity contribution >= 4 is 24.1 Å². The normalized spacial score (nSPS) is 12.4. The lowest BCUT2D eigenvalue weighted by Gasteiger charge is -2.18. The second-order valence-electron chi connectivity index (χ2n) is 6.55. The minimum absolute atomic E-state index is 0.249. The van der Waals surface area contributed by atoms with Gasteiger partial charge in [0.15, 0.2) is 0 Å². The van der Waals surface area contributed by atoms with Gasteiger partial charge in [-0.05, 0) is 36.1 Å². The van der Waals surface area contributed by atoms with E-state index >= 15 is 0 Å². The molecule has 0 aromatic heterocycles. The van der Waals surface area contributed by atoms with Gasteiger partial charge in [0.1, 0.15) is 6.04 Å². The smallest absolute Gasteiger partial charge is 0.262 e. The summed E-state index contributed by atoms with van der Waals surface area (Å²) in [6, 6.07) is 18.0. The number of nitrogens with zero attached hydrogens (tertiary/aromatic N) is 1. The zero-order chi connectivity index (χ0) is 19.5. The van der Waals surface area contributed by atoms with E-state index in [9.17, 15) is 9.59 Å². The van der Waals surface area contributed by atoms with Crippen LogP contribution in [0.4, 0.5) is 0 Å². The van der Waals surface area contributed by atoms with E-state index < -0.39 is 6.04 Å². The fraction of sp³-hybridized carbons (Fsp3) is 0.227. The molecule has 140 valence electrons. The Morgan fingerprint density at radius 3 is 2.26 bits per heavy atom. The van der Waals surface area contributed by atoms with Crippen LogP contribution in [0, 0.1) is 5.92 Å². The monoisotopic (exact) mass is 363 g/mol. The van der Waals surface area contributed by atoms with Gasteiger partial charge in [-0.15, -0.1) is 0 Å². The van der Waals surface area contributed by atoms with Gasteiger partial charge >= 0.3 is 0 Å². The molecule has 0 spiro atoms. The number of benzene rings is 2. The molecule has 0 radical (unpaired) electrons. The predicted molar refractivity (Wildman–Crippen MR) is 109 cm³/mol. The first-order valence-electron chi connectivity index (χ1n) is 8.97. The SMILES string of the molecule is CC(C)C[C@@H](NC(=O)c1ccccc1)C(=O)N/N=C\C=Cc1ccccc1. The highest BCUT2D eigenvalue weighted by atomic mass is 16.2. The van der Waals surface area contributed by atoms with E-state index in [1.165, 1.54) is 6.21 Å². The molecule has 0 saturated heterocycles. The minimum Gasteiger partial charge on any atom is -0.340 e. The Hall–Kier alpha value is -3.21. The third kappa shape index (κ3) is 7.28. The molecule has 0 unspecified atom stereocenters. The Balaban J connectivity index is 1.92. The summed E-state index contributed by atoms with van der Waals surface area (Å²) < 4.78 is 0. The number of allylic oxidation sites excluding steroid dienone is 1. The summed E-state index contributed by atoms with van der Waals surface area (Å²) in [4.78, 5) is 24.7. The Kier molecular flexibility index (Phi) is 7.97. The van der Waals surface area contributed by atoms with E-state index in [-0.39, 0.29) is 17.7 Å². The van der Waals surface area contributed by atoms with Crippen LogP contribution >= 0.6 is 0 Å². The number of hydrogen-bond donors (Lipinski definition) is 2. The lowest BCUT2D eigenvalue weighted by atomic mass is 10.0. The Morgan fingerprint density at radius 2 is 1.63 bits per heavy atom. The van der Waals surface area contributed by atoms with Crippen molar-refractivity contribution in [1.29, 1.82) is 0 Å². The molecular weight excluding hydrogens is 338 g/mol. The van der Waals surface area contributed by atoms with Crippen LogP contribution in [0.1, 0.15) is 36.2 Å². The highest BCUT2D eigenvalue weighted by Crippen LogP contribution is 2.07. The molecule has 5 nitrogen and oxygen atoms in total. The first-order chi connectivity index (χ1) is 13.1. The van der Waals surface area contributed by atoms with Crippen LogP contribution in [0.5, 0.6) is 0 Å². The second-order valence-corrected chi connectivity index (χ2v) is 6.55. The molecule has 1 atom stereocenters. The maximum absolute atomic E-state index is 12.4. The average molecular weight is 363 g/mol. The van der Waals surface area contributed by atoms with Gasteiger partial charge in [0.05, 0.1) is 0 Å². The molecule has 2 aromatic rings. The highest BCUT2D eigenvalue weighted by molar-refractivity contribution is 5.97. The van der Waals surface area contributed by atoms with Crippen molar-refractivity contribution in [2.24, 2.45) is 11.0 Å². The summed E-state index contributed by atoms with van der Waals surface area (Å²) in [5.41, 5.74) is 4.06. The molecule has 5 heteroatoms. The van der Waals surface area contributed by atoms with Crippen LogP contribution in [0.3, 0.4) is 0 Å². The molecule has 2 N–H and O–H groups in total. The molecule has 0 aliphatic rings. The lowest BCUT2D eigenvalue weighted by Crippen LogP contribution is -2.46. The quantitative estimate of drug-likeness (QED) is 0.555. The molecule has 2 rings (SSSR count). The average Bonchev–Trinajstić information content (AvgIpc) is 2.68. The molecule has 2 aromatic carbocycles. The van der Waals surface area contributed by atoms with E-state index in [4.69, 9.17) is 0 Å². The number of hydrazone groups is 1. The van der Waals surface area contributed by atoms with Crippen LogP contribution in [0.15, 0.2) is 71.8 Å². The van der Waals surface area contributed by atoms with E-state index in [0.29, 0.717) is 12.0 Å². The number of carbonyl (C=O) groups is 2. The Bertz CT molecular complexity index is 784.